The largest absolute Gasteiger partial charge is 0.481 e. The van der Waals surface area contributed by atoms with Crippen LogP contribution in [0.15, 0.2) is 24.5 Å². The van der Waals surface area contributed by atoms with Gasteiger partial charge in [-0.2, -0.15) is 9.64 Å². The van der Waals surface area contributed by atoms with Crippen molar-refractivity contribution in [2.75, 3.05) is 0 Å². The van der Waals surface area contributed by atoms with Crippen LogP contribution >= 0.6 is 11.5 Å². The lowest BCUT2D eigenvalue weighted by atomic mass is 10.3. The van der Waals surface area contributed by atoms with Gasteiger partial charge in [-0.1, -0.05) is 0 Å². The number of aryl methyl sites for hydroxylation is 1. The first-order chi connectivity index (χ1) is 8.69. The Morgan fingerprint density at radius 3 is 2.78 bits per heavy atom. The van der Waals surface area contributed by atoms with E-state index in [4.69, 9.17) is 10.4 Å². The Kier molecular flexibility index (Phi) is 3.60. The molecule has 0 radical (unpaired) electrons. The molecule has 0 spiro atoms. The molecule has 90 valence electrons. The Morgan fingerprint density at radius 2 is 2.22 bits per heavy atom. The van der Waals surface area contributed by atoms with E-state index in [1.165, 1.54) is 0 Å². The van der Waals surface area contributed by atoms with Gasteiger partial charge in [-0.05, 0) is 11.5 Å². The van der Waals surface area contributed by atoms with Crippen LogP contribution in [0.3, 0.4) is 0 Å². The van der Waals surface area contributed by atoms with Gasteiger partial charge in [-0.3, -0.25) is 4.79 Å². The highest BCUT2D eigenvalue weighted by atomic mass is 32.1. The maximum Gasteiger partial charge on any atom is 0.309 e. The van der Waals surface area contributed by atoms with Crippen molar-refractivity contribution in [2.45, 2.75) is 13.0 Å². The van der Waals surface area contributed by atoms with Crippen LogP contribution in [0.1, 0.15) is 12.2 Å². The lowest BCUT2D eigenvalue weighted by molar-refractivity contribution is -0.695. The third-order valence-corrected chi connectivity index (χ3v) is 3.01. The first kappa shape index (κ1) is 12.1. The van der Waals surface area contributed by atoms with Crippen molar-refractivity contribution in [1.82, 2.24) is 9.36 Å². The number of rotatable bonds is 4. The number of hydrogen-bond acceptors (Lipinski definition) is 5. The van der Waals surface area contributed by atoms with Gasteiger partial charge < -0.3 is 5.11 Å². The third-order valence-electron chi connectivity index (χ3n) is 2.25. The second kappa shape index (κ2) is 5.33. The first-order valence-electron chi connectivity index (χ1n) is 5.14. The van der Waals surface area contributed by atoms with Crippen LogP contribution in [0.4, 0.5) is 0 Å². The molecule has 6 nitrogen and oxygen atoms in total. The summed E-state index contributed by atoms with van der Waals surface area (Å²) in [6.45, 7) is 0.426. The zero-order valence-electron chi connectivity index (χ0n) is 9.28. The van der Waals surface area contributed by atoms with E-state index in [1.54, 1.807) is 17.0 Å². The highest BCUT2D eigenvalue weighted by Gasteiger charge is 2.09. The molecule has 2 aromatic heterocycles. The van der Waals surface area contributed by atoms with Gasteiger partial charge in [0.1, 0.15) is 17.5 Å². The summed E-state index contributed by atoms with van der Waals surface area (Å²) in [5, 5.41) is 17.9. The molecule has 1 N–H and O–H groups in total. The molecule has 0 bridgehead atoms. The highest BCUT2D eigenvalue weighted by Crippen LogP contribution is 2.19. The molecule has 0 aliphatic rings. The summed E-state index contributed by atoms with van der Waals surface area (Å²) in [5.41, 5.74) is 0.862. The SMILES string of the molecule is N#Cc1nsc(-c2cc[n+](CCC(=O)O)cc2)n1. The molecule has 0 saturated carbocycles. The average molecular weight is 261 g/mol. The summed E-state index contributed by atoms with van der Waals surface area (Å²) in [7, 11) is 0. The highest BCUT2D eigenvalue weighted by molar-refractivity contribution is 7.09. The third kappa shape index (κ3) is 2.87. The van der Waals surface area contributed by atoms with Crippen molar-refractivity contribution in [2.24, 2.45) is 0 Å². The van der Waals surface area contributed by atoms with E-state index in [1.807, 2.05) is 18.2 Å². The molecule has 0 unspecified atom stereocenters. The molecule has 2 rings (SSSR count). The van der Waals surface area contributed by atoms with Gasteiger partial charge in [0.25, 0.3) is 0 Å². The topological polar surface area (TPSA) is 90.8 Å². The number of aromatic nitrogens is 3. The van der Waals surface area contributed by atoms with Crippen LogP contribution in [0, 0.1) is 11.3 Å². The Morgan fingerprint density at radius 1 is 1.50 bits per heavy atom. The van der Waals surface area contributed by atoms with E-state index in [9.17, 15) is 4.79 Å². The minimum Gasteiger partial charge on any atom is -0.481 e. The zero-order valence-corrected chi connectivity index (χ0v) is 10.1. The van der Waals surface area contributed by atoms with Gasteiger partial charge in [0.15, 0.2) is 18.9 Å². The number of carboxylic acid groups (broad SMARTS) is 1. The van der Waals surface area contributed by atoms with Crippen LogP contribution < -0.4 is 4.57 Å². The van der Waals surface area contributed by atoms with Gasteiger partial charge in [-0.25, -0.2) is 9.55 Å². The van der Waals surface area contributed by atoms with E-state index >= 15 is 0 Å². The standard InChI is InChI=1S/C11H8N4O2S/c12-7-9-13-11(18-14-9)8-1-4-15(5-2-8)6-3-10(16)17/h1-2,4-5H,3,6H2/p+1. The number of hydrogen-bond donors (Lipinski definition) is 1. The summed E-state index contributed by atoms with van der Waals surface area (Å²) in [4.78, 5) is 14.5. The second-order valence-corrected chi connectivity index (χ2v) is 4.26. The van der Waals surface area contributed by atoms with Crippen molar-refractivity contribution in [3.8, 4) is 16.6 Å². The average Bonchev–Trinajstić information content (AvgIpc) is 2.85. The minimum absolute atomic E-state index is 0.0847. The number of nitriles is 1. The Hall–Kier alpha value is -2.33. The molecular formula is C11H9N4O2S+. The van der Waals surface area contributed by atoms with Crippen LogP contribution in [-0.2, 0) is 11.3 Å². The molecule has 0 atom stereocenters. The molecule has 0 fully saturated rings. The van der Waals surface area contributed by atoms with Crippen LogP contribution in [-0.4, -0.2) is 20.4 Å². The number of pyridine rings is 1. The summed E-state index contributed by atoms with van der Waals surface area (Å²) in [6.07, 6.45) is 3.65. The normalized spacial score (nSPS) is 9.94. The van der Waals surface area contributed by atoms with Gasteiger partial charge >= 0.3 is 5.97 Å². The molecule has 2 heterocycles. The van der Waals surface area contributed by atoms with Crippen molar-refractivity contribution in [3.05, 3.63) is 30.4 Å². The van der Waals surface area contributed by atoms with Crippen LogP contribution in [0.25, 0.3) is 10.6 Å². The molecule has 2 aromatic rings. The lowest BCUT2D eigenvalue weighted by Crippen LogP contribution is -2.33. The van der Waals surface area contributed by atoms with Crippen molar-refractivity contribution >= 4 is 17.5 Å². The molecule has 0 amide bonds. The van der Waals surface area contributed by atoms with Gasteiger partial charge in [0.05, 0.1) is 0 Å². The fourth-order valence-electron chi connectivity index (χ4n) is 1.36. The summed E-state index contributed by atoms with van der Waals surface area (Å²) in [5.74, 6) is -0.660. The number of carboxylic acids is 1. The first-order valence-corrected chi connectivity index (χ1v) is 5.91. The molecule has 18 heavy (non-hydrogen) atoms. The smallest absolute Gasteiger partial charge is 0.309 e. The summed E-state index contributed by atoms with van der Waals surface area (Å²) >= 11 is 1.16. The second-order valence-electron chi connectivity index (χ2n) is 3.50. The fourth-order valence-corrected chi connectivity index (χ4v) is 1.98. The van der Waals surface area contributed by atoms with E-state index in [2.05, 4.69) is 9.36 Å². The molecule has 0 aliphatic carbocycles. The predicted octanol–water partition coefficient (Wildman–Crippen LogP) is 0.839. The van der Waals surface area contributed by atoms with Crippen LogP contribution in [0.2, 0.25) is 0 Å². The maximum atomic E-state index is 10.4. The van der Waals surface area contributed by atoms with Crippen molar-refractivity contribution < 1.29 is 14.5 Å². The Bertz CT molecular complexity index is 600. The fraction of sp³-hybridized carbons (Fsp3) is 0.182. The van der Waals surface area contributed by atoms with E-state index in [0.717, 1.165) is 17.1 Å². The Balaban J connectivity index is 2.12. The number of nitrogens with zero attached hydrogens (tertiary/aromatic N) is 4. The van der Waals surface area contributed by atoms with E-state index in [-0.39, 0.29) is 12.2 Å². The molecular weight excluding hydrogens is 252 g/mol. The minimum atomic E-state index is -0.825. The summed E-state index contributed by atoms with van der Waals surface area (Å²) in [6, 6.07) is 5.52. The van der Waals surface area contributed by atoms with Crippen molar-refractivity contribution in [1.29, 1.82) is 5.26 Å². The number of carbonyl (C=O) groups is 1. The quantitative estimate of drug-likeness (QED) is 0.823. The Labute approximate surface area is 107 Å². The van der Waals surface area contributed by atoms with Crippen molar-refractivity contribution in [3.63, 3.8) is 0 Å². The molecule has 0 aliphatic heterocycles. The summed E-state index contributed by atoms with van der Waals surface area (Å²) < 4.78 is 5.66. The van der Waals surface area contributed by atoms with Gasteiger partial charge in [0, 0.05) is 17.7 Å². The zero-order chi connectivity index (χ0) is 13.0. The molecule has 0 aromatic carbocycles. The van der Waals surface area contributed by atoms with Gasteiger partial charge in [0.2, 0.25) is 5.82 Å². The molecule has 0 saturated heterocycles. The van der Waals surface area contributed by atoms with Crippen LogP contribution in [0.5, 0.6) is 0 Å². The van der Waals surface area contributed by atoms with E-state index in [0.29, 0.717) is 11.6 Å². The monoisotopic (exact) mass is 261 g/mol. The lowest BCUT2D eigenvalue weighted by Gasteiger charge is -1.95. The number of aliphatic carboxylic acids is 1. The predicted molar refractivity (Wildman–Crippen MR) is 62.5 cm³/mol. The maximum absolute atomic E-state index is 10.4. The van der Waals surface area contributed by atoms with E-state index < -0.39 is 5.97 Å². The molecule has 7 heteroatoms. The van der Waals surface area contributed by atoms with Gasteiger partial charge in [-0.15, -0.1) is 0 Å².